The van der Waals surface area contributed by atoms with Gasteiger partial charge < -0.3 is 24.1 Å². The summed E-state index contributed by atoms with van der Waals surface area (Å²) in [6, 6.07) is 0. The number of hydrogen-bond donors (Lipinski definition) is 1. The molecule has 7 nitrogen and oxygen atoms in total. The lowest BCUT2D eigenvalue weighted by Crippen LogP contribution is -2.21. The van der Waals surface area contributed by atoms with E-state index in [2.05, 4.69) is 26.9 Å². The second kappa shape index (κ2) is 13.0. The highest BCUT2D eigenvalue weighted by molar-refractivity contribution is 4.75. The zero-order valence-electron chi connectivity index (χ0n) is 12.2. The maximum Gasteiger partial charge on any atom is 0.213 e. The molecule has 1 aromatic heterocycles. The van der Waals surface area contributed by atoms with Crippen LogP contribution < -0.4 is 5.32 Å². The Balaban J connectivity index is 1.70. The summed E-state index contributed by atoms with van der Waals surface area (Å²) >= 11 is 0. The molecule has 7 heteroatoms. The molecule has 0 saturated carbocycles. The normalized spacial score (nSPS) is 11.1. The Labute approximate surface area is 120 Å². The van der Waals surface area contributed by atoms with E-state index < -0.39 is 0 Å². The zero-order valence-corrected chi connectivity index (χ0v) is 12.2. The second-order valence-corrected chi connectivity index (χ2v) is 4.21. The molecule has 0 saturated heterocycles. The second-order valence-electron chi connectivity index (χ2n) is 4.21. The van der Waals surface area contributed by atoms with Crippen LogP contribution in [0, 0.1) is 0 Å². The summed E-state index contributed by atoms with van der Waals surface area (Å²) in [5.74, 6) is 0.649. The molecule has 0 unspecified atom stereocenters. The molecular formula is C13H25N3O4. The largest absolute Gasteiger partial charge is 0.379 e. The third-order valence-electron chi connectivity index (χ3n) is 2.50. The van der Waals surface area contributed by atoms with Gasteiger partial charge in [0.1, 0.15) is 0 Å². The van der Waals surface area contributed by atoms with Gasteiger partial charge in [0, 0.05) is 13.2 Å². The maximum absolute atomic E-state index is 5.41. The van der Waals surface area contributed by atoms with Crippen molar-refractivity contribution in [2.45, 2.75) is 26.3 Å². The highest BCUT2D eigenvalue weighted by Crippen LogP contribution is 1.88. The van der Waals surface area contributed by atoms with Gasteiger partial charge in [-0.25, -0.2) is 0 Å². The van der Waals surface area contributed by atoms with Gasteiger partial charge >= 0.3 is 0 Å². The molecule has 1 heterocycles. The Hall–Kier alpha value is -1.02. The standard InChI is InChI=1S/C13H25N3O4/c1-2-3-5-17-7-9-19-10-8-18-6-4-14-11-13-15-12-20-16-13/h12,14H,2-11H2,1H3. The number of nitrogens with zero attached hydrogens (tertiary/aromatic N) is 2. The minimum atomic E-state index is 0.589. The van der Waals surface area contributed by atoms with Gasteiger partial charge in [-0.15, -0.1) is 0 Å². The molecule has 1 N–H and O–H groups in total. The van der Waals surface area contributed by atoms with E-state index in [0.717, 1.165) is 26.0 Å². The van der Waals surface area contributed by atoms with Crippen LogP contribution in [-0.4, -0.2) is 56.3 Å². The van der Waals surface area contributed by atoms with Crippen molar-refractivity contribution >= 4 is 0 Å². The quantitative estimate of drug-likeness (QED) is 0.511. The van der Waals surface area contributed by atoms with Crippen LogP contribution in [0.15, 0.2) is 10.9 Å². The van der Waals surface area contributed by atoms with Gasteiger partial charge in [-0.05, 0) is 6.42 Å². The summed E-state index contributed by atoms with van der Waals surface area (Å²) in [6.07, 6.45) is 3.59. The van der Waals surface area contributed by atoms with Gasteiger partial charge in [-0.2, -0.15) is 4.98 Å². The molecule has 0 atom stereocenters. The van der Waals surface area contributed by atoms with Crippen molar-refractivity contribution in [2.75, 3.05) is 46.2 Å². The molecule has 0 spiro atoms. The summed E-state index contributed by atoms with van der Waals surface area (Å²) in [4.78, 5) is 3.90. The van der Waals surface area contributed by atoms with Crippen molar-refractivity contribution < 1.29 is 18.7 Å². The fourth-order valence-corrected chi connectivity index (χ4v) is 1.40. The molecule has 0 aromatic carbocycles. The average molecular weight is 287 g/mol. The predicted octanol–water partition coefficient (Wildman–Crippen LogP) is 1.01. The first kappa shape index (κ1) is 17.0. The molecule has 1 rings (SSSR count). The minimum Gasteiger partial charge on any atom is -0.379 e. The minimum absolute atomic E-state index is 0.589. The van der Waals surface area contributed by atoms with Crippen LogP contribution in [-0.2, 0) is 20.8 Å². The molecule has 0 aliphatic rings. The highest BCUT2D eigenvalue weighted by Gasteiger charge is 1.96. The molecule has 0 bridgehead atoms. The van der Waals surface area contributed by atoms with Gasteiger partial charge in [0.05, 0.1) is 39.6 Å². The Morgan fingerprint density at radius 2 is 1.75 bits per heavy atom. The smallest absolute Gasteiger partial charge is 0.213 e. The van der Waals surface area contributed by atoms with Crippen LogP contribution in [0.25, 0.3) is 0 Å². The Bertz CT molecular complexity index is 296. The van der Waals surface area contributed by atoms with Crippen molar-refractivity contribution in [2.24, 2.45) is 0 Å². The number of unbranched alkanes of at least 4 members (excludes halogenated alkanes) is 1. The van der Waals surface area contributed by atoms with Gasteiger partial charge in [-0.1, -0.05) is 18.5 Å². The predicted molar refractivity (Wildman–Crippen MR) is 73.4 cm³/mol. The van der Waals surface area contributed by atoms with Crippen LogP contribution in [0.3, 0.4) is 0 Å². The lowest BCUT2D eigenvalue weighted by Gasteiger charge is -2.06. The molecule has 0 amide bonds. The molecular weight excluding hydrogens is 262 g/mol. The summed E-state index contributed by atoms with van der Waals surface area (Å²) in [5, 5.41) is 6.84. The van der Waals surface area contributed by atoms with E-state index in [4.69, 9.17) is 14.2 Å². The lowest BCUT2D eigenvalue weighted by molar-refractivity contribution is 0.0146. The van der Waals surface area contributed by atoms with E-state index in [1.165, 1.54) is 6.39 Å². The van der Waals surface area contributed by atoms with Crippen molar-refractivity contribution in [1.82, 2.24) is 15.5 Å². The number of hydrogen-bond acceptors (Lipinski definition) is 7. The Kier molecular flexibility index (Phi) is 11.1. The number of ether oxygens (including phenoxy) is 3. The first-order valence-electron chi connectivity index (χ1n) is 7.12. The molecule has 0 radical (unpaired) electrons. The molecule has 116 valence electrons. The lowest BCUT2D eigenvalue weighted by atomic mass is 10.4. The van der Waals surface area contributed by atoms with Crippen molar-refractivity contribution in [3.63, 3.8) is 0 Å². The Morgan fingerprint density at radius 1 is 1.05 bits per heavy atom. The third-order valence-corrected chi connectivity index (χ3v) is 2.50. The summed E-state index contributed by atoms with van der Waals surface area (Å²) in [7, 11) is 0. The van der Waals surface area contributed by atoms with Gasteiger partial charge in [-0.3, -0.25) is 0 Å². The van der Waals surface area contributed by atoms with Gasteiger partial charge in [0.25, 0.3) is 0 Å². The Morgan fingerprint density at radius 3 is 2.40 bits per heavy atom. The zero-order chi connectivity index (χ0) is 14.3. The van der Waals surface area contributed by atoms with E-state index in [0.29, 0.717) is 45.4 Å². The molecule has 0 aliphatic carbocycles. The van der Waals surface area contributed by atoms with Crippen molar-refractivity contribution in [3.05, 3.63) is 12.2 Å². The van der Waals surface area contributed by atoms with Crippen LogP contribution in [0.5, 0.6) is 0 Å². The van der Waals surface area contributed by atoms with Crippen LogP contribution >= 0.6 is 0 Å². The maximum atomic E-state index is 5.41. The summed E-state index contributed by atoms with van der Waals surface area (Å²) < 4.78 is 20.8. The average Bonchev–Trinajstić information content (AvgIpc) is 2.97. The van der Waals surface area contributed by atoms with Crippen molar-refractivity contribution in [1.29, 1.82) is 0 Å². The highest BCUT2D eigenvalue weighted by atomic mass is 16.5. The summed E-state index contributed by atoms with van der Waals surface area (Å²) in [6.45, 7) is 7.42. The monoisotopic (exact) mass is 287 g/mol. The topological polar surface area (TPSA) is 78.6 Å². The number of rotatable bonds is 14. The SMILES string of the molecule is CCCCOCCOCCOCCNCc1ncon1. The van der Waals surface area contributed by atoms with Crippen LogP contribution in [0.1, 0.15) is 25.6 Å². The fraction of sp³-hybridized carbons (Fsp3) is 0.846. The van der Waals surface area contributed by atoms with E-state index in [-0.39, 0.29) is 0 Å². The van der Waals surface area contributed by atoms with E-state index >= 15 is 0 Å². The van der Waals surface area contributed by atoms with Gasteiger partial charge in [0.15, 0.2) is 5.82 Å². The van der Waals surface area contributed by atoms with Gasteiger partial charge in [0.2, 0.25) is 6.39 Å². The third kappa shape index (κ3) is 9.85. The fourth-order valence-electron chi connectivity index (χ4n) is 1.40. The number of nitrogens with one attached hydrogen (secondary N) is 1. The first-order valence-corrected chi connectivity index (χ1v) is 7.12. The van der Waals surface area contributed by atoms with E-state index in [1.54, 1.807) is 0 Å². The van der Waals surface area contributed by atoms with Crippen molar-refractivity contribution in [3.8, 4) is 0 Å². The molecule has 0 aliphatic heterocycles. The van der Waals surface area contributed by atoms with E-state index in [1.807, 2.05) is 0 Å². The summed E-state index contributed by atoms with van der Waals surface area (Å²) in [5.41, 5.74) is 0. The molecule has 1 aromatic rings. The van der Waals surface area contributed by atoms with Crippen LogP contribution in [0.2, 0.25) is 0 Å². The first-order chi connectivity index (χ1) is 9.93. The van der Waals surface area contributed by atoms with Crippen LogP contribution in [0.4, 0.5) is 0 Å². The number of aromatic nitrogens is 2. The molecule has 20 heavy (non-hydrogen) atoms. The van der Waals surface area contributed by atoms with E-state index in [9.17, 15) is 0 Å². The molecule has 0 fully saturated rings.